The topological polar surface area (TPSA) is 105 Å². The van der Waals surface area contributed by atoms with Gasteiger partial charge in [-0.05, 0) is 37.8 Å². The van der Waals surface area contributed by atoms with E-state index < -0.39 is 17.9 Å². The average molecular weight is 397 g/mol. The van der Waals surface area contributed by atoms with Crippen LogP contribution in [-0.2, 0) is 20.8 Å². The molecule has 2 aromatic heterocycles. The highest BCUT2D eigenvalue weighted by molar-refractivity contribution is 7.18. The first-order valence-electron chi connectivity index (χ1n) is 7.87. The van der Waals surface area contributed by atoms with Crippen LogP contribution in [0.3, 0.4) is 0 Å². The number of anilines is 1. The van der Waals surface area contributed by atoms with Crippen LogP contribution in [0.2, 0.25) is 0 Å². The minimum absolute atomic E-state index is 0.0376. The molecule has 2 aromatic rings. The van der Waals surface area contributed by atoms with Gasteiger partial charge >= 0.3 is 17.9 Å². The molecular weight excluding hydrogens is 378 g/mol. The first kappa shape index (κ1) is 19.9. The van der Waals surface area contributed by atoms with E-state index in [2.05, 4.69) is 0 Å². The van der Waals surface area contributed by atoms with E-state index in [0.29, 0.717) is 4.88 Å². The predicted molar refractivity (Wildman–Crippen MR) is 98.8 cm³/mol. The average Bonchev–Trinajstić information content (AvgIpc) is 3.16. The lowest BCUT2D eigenvalue weighted by molar-refractivity contribution is 0.0441. The van der Waals surface area contributed by atoms with Crippen molar-refractivity contribution in [2.24, 2.45) is 0 Å². The van der Waals surface area contributed by atoms with Crippen molar-refractivity contribution < 1.29 is 28.6 Å². The van der Waals surface area contributed by atoms with E-state index in [9.17, 15) is 14.4 Å². The van der Waals surface area contributed by atoms with Gasteiger partial charge in [-0.2, -0.15) is 0 Å². The summed E-state index contributed by atoms with van der Waals surface area (Å²) in [6.07, 6.45) is 0. The van der Waals surface area contributed by atoms with E-state index in [1.807, 2.05) is 0 Å². The molecule has 0 bridgehead atoms. The summed E-state index contributed by atoms with van der Waals surface area (Å²) in [6.45, 7) is 5.15. The van der Waals surface area contributed by atoms with Crippen LogP contribution < -0.4 is 5.73 Å². The molecule has 0 fully saturated rings. The molecule has 0 amide bonds. The van der Waals surface area contributed by atoms with Crippen molar-refractivity contribution in [3.05, 3.63) is 37.9 Å². The Morgan fingerprint density at radius 1 is 1.00 bits per heavy atom. The Balaban J connectivity index is 2.33. The molecule has 0 unspecified atom stereocenters. The van der Waals surface area contributed by atoms with E-state index in [4.69, 9.17) is 19.9 Å². The maximum Gasteiger partial charge on any atom is 0.348 e. The summed E-state index contributed by atoms with van der Waals surface area (Å²) >= 11 is 2.16. The molecule has 7 nitrogen and oxygen atoms in total. The van der Waals surface area contributed by atoms with Crippen LogP contribution in [0, 0.1) is 6.92 Å². The quantitative estimate of drug-likeness (QED) is 0.564. The van der Waals surface area contributed by atoms with E-state index in [0.717, 1.165) is 16.9 Å². The zero-order chi connectivity index (χ0) is 19.3. The fourth-order valence-electron chi connectivity index (χ4n) is 2.20. The smallest absolute Gasteiger partial charge is 0.348 e. The molecule has 0 atom stereocenters. The fourth-order valence-corrected chi connectivity index (χ4v) is 3.97. The third-order valence-corrected chi connectivity index (χ3v) is 5.41. The second-order valence-corrected chi connectivity index (χ2v) is 7.07. The van der Waals surface area contributed by atoms with Crippen molar-refractivity contribution in [1.82, 2.24) is 0 Å². The van der Waals surface area contributed by atoms with Gasteiger partial charge in [0.1, 0.15) is 26.9 Å². The van der Waals surface area contributed by atoms with Crippen LogP contribution >= 0.6 is 22.7 Å². The Kier molecular flexibility index (Phi) is 6.76. The van der Waals surface area contributed by atoms with Gasteiger partial charge < -0.3 is 19.9 Å². The van der Waals surface area contributed by atoms with Crippen molar-refractivity contribution in [3.8, 4) is 0 Å². The number of esters is 3. The first-order valence-corrected chi connectivity index (χ1v) is 9.56. The largest absolute Gasteiger partial charge is 0.462 e. The maximum atomic E-state index is 12.2. The Labute approximate surface area is 158 Å². The molecule has 9 heteroatoms. The fraction of sp³-hybridized carbons (Fsp3) is 0.353. The number of ether oxygens (including phenoxy) is 3. The third-order valence-electron chi connectivity index (χ3n) is 3.37. The molecule has 2 rings (SSSR count). The molecule has 0 aliphatic rings. The summed E-state index contributed by atoms with van der Waals surface area (Å²) in [6, 6.07) is 1.80. The van der Waals surface area contributed by atoms with Gasteiger partial charge in [-0.25, -0.2) is 14.4 Å². The summed E-state index contributed by atoms with van der Waals surface area (Å²) in [5.41, 5.74) is 6.94. The summed E-state index contributed by atoms with van der Waals surface area (Å²) < 4.78 is 15.3. The first-order chi connectivity index (χ1) is 12.4. The predicted octanol–water partition coefficient (Wildman–Crippen LogP) is 3.41. The lowest BCUT2D eigenvalue weighted by Gasteiger charge is -2.09. The monoisotopic (exact) mass is 397 g/mol. The van der Waals surface area contributed by atoms with Crippen molar-refractivity contribution >= 4 is 45.6 Å². The Hall–Kier alpha value is -2.39. The summed E-state index contributed by atoms with van der Waals surface area (Å²) in [4.78, 5) is 37.2. The van der Waals surface area contributed by atoms with Gasteiger partial charge in [0.05, 0.1) is 13.2 Å². The number of rotatable bonds is 7. The van der Waals surface area contributed by atoms with Crippen LogP contribution in [0.15, 0.2) is 11.4 Å². The SMILES string of the molecule is CCOC(=O)c1sc(N)c(C(=O)OCC)c1COC(=O)c1sccc1C. The second-order valence-electron chi connectivity index (χ2n) is 5.10. The lowest BCUT2D eigenvalue weighted by atomic mass is 10.1. The van der Waals surface area contributed by atoms with Crippen molar-refractivity contribution in [3.63, 3.8) is 0 Å². The van der Waals surface area contributed by atoms with Gasteiger partial charge in [-0.3, -0.25) is 0 Å². The van der Waals surface area contributed by atoms with Crippen LogP contribution in [0.1, 0.15) is 54.7 Å². The highest BCUT2D eigenvalue weighted by Crippen LogP contribution is 2.33. The second kappa shape index (κ2) is 8.81. The molecular formula is C17H19NO6S2. The zero-order valence-corrected chi connectivity index (χ0v) is 16.3. The summed E-state index contributed by atoms with van der Waals surface area (Å²) in [5, 5.41) is 1.90. The maximum absolute atomic E-state index is 12.2. The Morgan fingerprint density at radius 2 is 1.62 bits per heavy atom. The van der Waals surface area contributed by atoms with E-state index in [-0.39, 0.29) is 40.8 Å². The minimum atomic E-state index is -0.671. The van der Waals surface area contributed by atoms with Gasteiger partial charge in [0.2, 0.25) is 0 Å². The van der Waals surface area contributed by atoms with Crippen molar-refractivity contribution in [1.29, 1.82) is 0 Å². The summed E-state index contributed by atoms with van der Waals surface area (Å²) in [5.74, 6) is -1.83. The number of nitrogens with two attached hydrogens (primary N) is 1. The third kappa shape index (κ3) is 4.23. The van der Waals surface area contributed by atoms with E-state index in [1.54, 1.807) is 32.2 Å². The molecule has 0 aliphatic heterocycles. The number of aryl methyl sites for hydroxylation is 1. The van der Waals surface area contributed by atoms with E-state index >= 15 is 0 Å². The van der Waals surface area contributed by atoms with Crippen LogP contribution in [0.25, 0.3) is 0 Å². The van der Waals surface area contributed by atoms with Gasteiger partial charge in [0.15, 0.2) is 0 Å². The molecule has 2 N–H and O–H groups in total. The zero-order valence-electron chi connectivity index (χ0n) is 14.6. The molecule has 140 valence electrons. The highest BCUT2D eigenvalue weighted by Gasteiger charge is 2.28. The standard InChI is InChI=1S/C17H19NO6S2/c1-4-22-15(19)11-10(13(26-14(11)18)17(21)23-5-2)8-24-16(20)12-9(3)6-7-25-12/h6-7H,4-5,8,18H2,1-3H3. The molecule has 0 radical (unpaired) electrons. The van der Waals surface area contributed by atoms with E-state index in [1.165, 1.54) is 11.3 Å². The summed E-state index contributed by atoms with van der Waals surface area (Å²) in [7, 11) is 0. The van der Waals surface area contributed by atoms with Gasteiger partial charge in [-0.15, -0.1) is 22.7 Å². The van der Waals surface area contributed by atoms with Gasteiger partial charge in [0.25, 0.3) is 0 Å². The van der Waals surface area contributed by atoms with Crippen molar-refractivity contribution in [2.45, 2.75) is 27.4 Å². The molecule has 2 heterocycles. The highest BCUT2D eigenvalue weighted by atomic mass is 32.1. The number of hydrogen-bond acceptors (Lipinski definition) is 9. The number of carbonyl (C=O) groups excluding carboxylic acids is 3. The Bertz CT molecular complexity index is 823. The molecule has 0 saturated heterocycles. The molecule has 0 aliphatic carbocycles. The Morgan fingerprint density at radius 3 is 2.19 bits per heavy atom. The molecule has 26 heavy (non-hydrogen) atoms. The molecule has 0 spiro atoms. The van der Waals surface area contributed by atoms with Gasteiger partial charge in [0, 0.05) is 5.56 Å². The molecule has 0 aromatic carbocycles. The van der Waals surface area contributed by atoms with Gasteiger partial charge in [-0.1, -0.05) is 0 Å². The minimum Gasteiger partial charge on any atom is -0.462 e. The van der Waals surface area contributed by atoms with Crippen molar-refractivity contribution in [2.75, 3.05) is 18.9 Å². The van der Waals surface area contributed by atoms with Crippen LogP contribution in [0.4, 0.5) is 5.00 Å². The normalized spacial score (nSPS) is 10.4. The number of carbonyl (C=O) groups is 3. The number of hydrogen-bond donors (Lipinski definition) is 1. The molecule has 0 saturated carbocycles. The van der Waals surface area contributed by atoms with Crippen LogP contribution in [0.5, 0.6) is 0 Å². The number of nitrogen functional groups attached to an aromatic ring is 1. The van der Waals surface area contributed by atoms with Crippen LogP contribution in [-0.4, -0.2) is 31.1 Å². The number of thiophene rings is 2. The lowest BCUT2D eigenvalue weighted by Crippen LogP contribution is -2.14.